The van der Waals surface area contributed by atoms with E-state index in [1.54, 1.807) is 17.0 Å². The zero-order valence-electron chi connectivity index (χ0n) is 14.8. The predicted octanol–water partition coefficient (Wildman–Crippen LogP) is 3.43. The van der Waals surface area contributed by atoms with Crippen LogP contribution in [0.15, 0.2) is 42.5 Å². The van der Waals surface area contributed by atoms with E-state index in [0.29, 0.717) is 6.54 Å². The Labute approximate surface area is 162 Å². The summed E-state index contributed by atoms with van der Waals surface area (Å²) in [5.74, 6) is -0.703. The maximum Gasteiger partial charge on any atom is 0.261 e. The van der Waals surface area contributed by atoms with E-state index in [1.807, 2.05) is 6.07 Å². The molecule has 2 aliphatic heterocycles. The lowest BCUT2D eigenvalue weighted by Gasteiger charge is -2.29. The van der Waals surface area contributed by atoms with Gasteiger partial charge in [0.05, 0.1) is 13.2 Å². The number of fused-ring (bicyclic) bond motifs is 1. The number of nitrogens with one attached hydrogen (secondary N) is 1. The largest absolute Gasteiger partial charge is 0.496 e. The van der Waals surface area contributed by atoms with Crippen molar-refractivity contribution in [1.82, 2.24) is 10.2 Å². The van der Waals surface area contributed by atoms with E-state index in [1.165, 1.54) is 31.4 Å². The number of likely N-dealkylation sites (tertiary alicyclic amines) is 1. The summed E-state index contributed by atoms with van der Waals surface area (Å²) in [6.45, 7) is 2.06. The van der Waals surface area contributed by atoms with Crippen LogP contribution in [-0.4, -0.2) is 37.6 Å². The Bertz CT molecular complexity index is 848. The quantitative estimate of drug-likeness (QED) is 0.867. The van der Waals surface area contributed by atoms with E-state index in [0.717, 1.165) is 18.7 Å². The van der Waals surface area contributed by atoms with E-state index in [-0.39, 0.29) is 47.4 Å². The Kier molecular flexibility index (Phi) is 5.67. The van der Waals surface area contributed by atoms with Crippen LogP contribution in [0.3, 0.4) is 0 Å². The van der Waals surface area contributed by atoms with Crippen molar-refractivity contribution in [3.63, 3.8) is 0 Å². The number of carbonyl (C=O) groups is 1. The second-order valence-electron chi connectivity index (χ2n) is 6.86. The molecule has 7 heteroatoms. The average molecular weight is 395 g/mol. The second kappa shape index (κ2) is 7.82. The van der Waals surface area contributed by atoms with E-state index in [2.05, 4.69) is 5.32 Å². The van der Waals surface area contributed by atoms with Gasteiger partial charge in [-0.25, -0.2) is 8.78 Å². The lowest BCUT2D eigenvalue weighted by Crippen LogP contribution is -2.35. The van der Waals surface area contributed by atoms with Gasteiger partial charge in [-0.3, -0.25) is 4.79 Å². The van der Waals surface area contributed by atoms with Gasteiger partial charge in [-0.1, -0.05) is 18.2 Å². The highest BCUT2D eigenvalue weighted by atomic mass is 35.5. The summed E-state index contributed by atoms with van der Waals surface area (Å²) in [5, 5.41) is 3.34. The molecule has 2 saturated heterocycles. The second-order valence-corrected chi connectivity index (χ2v) is 6.86. The van der Waals surface area contributed by atoms with Crippen LogP contribution in [0.2, 0.25) is 0 Å². The number of hydrogen-bond acceptors (Lipinski definition) is 3. The molecule has 0 aromatic heterocycles. The molecular weight excluding hydrogens is 374 g/mol. The van der Waals surface area contributed by atoms with Crippen LogP contribution in [-0.2, 0) is 0 Å². The lowest BCUT2D eigenvalue weighted by atomic mass is 9.89. The summed E-state index contributed by atoms with van der Waals surface area (Å²) in [7, 11) is 1.41. The third-order valence-electron chi connectivity index (χ3n) is 5.42. The SMILES string of the molecule is COc1cccc(F)c1C(=O)N1C[C@@H]2CNC[C@@H]2[C@@H]1c1cccc(F)c1.Cl. The topological polar surface area (TPSA) is 41.6 Å². The molecule has 2 aliphatic rings. The minimum Gasteiger partial charge on any atom is -0.496 e. The summed E-state index contributed by atoms with van der Waals surface area (Å²) in [6, 6.07) is 10.4. The monoisotopic (exact) mass is 394 g/mol. The van der Waals surface area contributed by atoms with Crippen molar-refractivity contribution >= 4 is 18.3 Å². The average Bonchev–Trinajstić information content (AvgIpc) is 3.21. The molecule has 1 N–H and O–H groups in total. The van der Waals surface area contributed by atoms with Crippen LogP contribution >= 0.6 is 12.4 Å². The molecule has 0 aliphatic carbocycles. The Balaban J connectivity index is 0.00000210. The maximum absolute atomic E-state index is 14.4. The van der Waals surface area contributed by atoms with Crippen molar-refractivity contribution in [2.75, 3.05) is 26.7 Å². The zero-order chi connectivity index (χ0) is 18.3. The van der Waals surface area contributed by atoms with Gasteiger partial charge in [0.2, 0.25) is 0 Å². The number of nitrogens with zero attached hydrogens (tertiary/aromatic N) is 1. The first kappa shape index (κ1) is 19.6. The molecule has 4 rings (SSSR count). The van der Waals surface area contributed by atoms with Gasteiger partial charge in [-0.15, -0.1) is 12.4 Å². The Morgan fingerprint density at radius 1 is 1.19 bits per heavy atom. The Morgan fingerprint density at radius 2 is 1.96 bits per heavy atom. The molecular formula is C20H21ClF2N2O2. The van der Waals surface area contributed by atoms with Crippen molar-refractivity contribution < 1.29 is 18.3 Å². The fourth-order valence-corrected chi connectivity index (χ4v) is 4.27. The fourth-order valence-electron chi connectivity index (χ4n) is 4.27. The van der Waals surface area contributed by atoms with E-state index in [9.17, 15) is 13.6 Å². The molecule has 0 radical (unpaired) electrons. The Hall–Kier alpha value is -2.18. The minimum absolute atomic E-state index is 0. The van der Waals surface area contributed by atoms with Crippen LogP contribution in [0.4, 0.5) is 8.78 Å². The van der Waals surface area contributed by atoms with Crippen molar-refractivity contribution in [3.05, 3.63) is 65.2 Å². The van der Waals surface area contributed by atoms with Gasteiger partial charge in [-0.05, 0) is 35.7 Å². The number of halogens is 3. The molecule has 0 unspecified atom stereocenters. The fraction of sp³-hybridized carbons (Fsp3) is 0.350. The third-order valence-corrected chi connectivity index (χ3v) is 5.42. The van der Waals surface area contributed by atoms with Gasteiger partial charge in [0.15, 0.2) is 0 Å². The number of rotatable bonds is 3. The van der Waals surface area contributed by atoms with Gasteiger partial charge < -0.3 is 15.0 Å². The number of benzene rings is 2. The highest BCUT2D eigenvalue weighted by Crippen LogP contribution is 2.44. The summed E-state index contributed by atoms with van der Waals surface area (Å²) in [5.41, 5.74) is 0.675. The van der Waals surface area contributed by atoms with Crippen LogP contribution in [0, 0.1) is 23.5 Å². The Morgan fingerprint density at radius 3 is 2.70 bits per heavy atom. The molecule has 2 aromatic carbocycles. The van der Waals surface area contributed by atoms with Gasteiger partial charge >= 0.3 is 0 Å². The first-order valence-corrected chi connectivity index (χ1v) is 8.70. The molecule has 27 heavy (non-hydrogen) atoms. The number of carbonyl (C=O) groups excluding carboxylic acids is 1. The number of amides is 1. The highest BCUT2D eigenvalue weighted by molar-refractivity contribution is 5.97. The van der Waals surface area contributed by atoms with Crippen molar-refractivity contribution in [2.24, 2.45) is 11.8 Å². The van der Waals surface area contributed by atoms with E-state index in [4.69, 9.17) is 4.74 Å². The van der Waals surface area contributed by atoms with Crippen molar-refractivity contribution in [1.29, 1.82) is 0 Å². The molecule has 0 spiro atoms. The number of ether oxygens (including phenoxy) is 1. The predicted molar refractivity (Wildman–Crippen MR) is 100 cm³/mol. The maximum atomic E-state index is 14.4. The number of hydrogen-bond donors (Lipinski definition) is 1. The van der Waals surface area contributed by atoms with Crippen LogP contribution in [0.1, 0.15) is 22.0 Å². The summed E-state index contributed by atoms with van der Waals surface area (Å²) in [6.07, 6.45) is 0. The lowest BCUT2D eigenvalue weighted by molar-refractivity contribution is 0.0705. The first-order valence-electron chi connectivity index (χ1n) is 8.70. The molecule has 144 valence electrons. The van der Waals surface area contributed by atoms with Gasteiger partial charge in [-0.2, -0.15) is 0 Å². The van der Waals surface area contributed by atoms with E-state index >= 15 is 0 Å². The molecule has 0 saturated carbocycles. The molecule has 2 fully saturated rings. The van der Waals surface area contributed by atoms with Crippen LogP contribution < -0.4 is 10.1 Å². The smallest absolute Gasteiger partial charge is 0.261 e. The van der Waals surface area contributed by atoms with Crippen LogP contribution in [0.5, 0.6) is 5.75 Å². The van der Waals surface area contributed by atoms with Gasteiger partial charge in [0, 0.05) is 25.6 Å². The highest BCUT2D eigenvalue weighted by Gasteiger charge is 2.47. The van der Waals surface area contributed by atoms with Crippen LogP contribution in [0.25, 0.3) is 0 Å². The molecule has 3 atom stereocenters. The first-order chi connectivity index (χ1) is 12.6. The third kappa shape index (κ3) is 3.39. The minimum atomic E-state index is -0.609. The van der Waals surface area contributed by atoms with Crippen molar-refractivity contribution in [3.8, 4) is 5.75 Å². The number of methoxy groups -OCH3 is 1. The normalized spacial score (nSPS) is 23.7. The molecule has 4 nitrogen and oxygen atoms in total. The molecule has 2 heterocycles. The summed E-state index contributed by atoms with van der Waals surface area (Å²) in [4.78, 5) is 14.9. The van der Waals surface area contributed by atoms with E-state index < -0.39 is 11.7 Å². The summed E-state index contributed by atoms with van der Waals surface area (Å²) >= 11 is 0. The van der Waals surface area contributed by atoms with Gasteiger partial charge in [0.1, 0.15) is 22.9 Å². The molecule has 0 bridgehead atoms. The zero-order valence-corrected chi connectivity index (χ0v) is 15.6. The van der Waals surface area contributed by atoms with Crippen molar-refractivity contribution in [2.45, 2.75) is 6.04 Å². The standard InChI is InChI=1S/C20H20F2N2O2.ClH/c1-26-17-7-3-6-16(22)18(17)20(25)24-11-13-9-23-10-15(13)19(24)12-4-2-5-14(21)8-12;/h2-8,13,15,19,23H,9-11H2,1H3;1H/t13-,15-,19-;/m0./s1. The molecule has 2 aromatic rings. The summed E-state index contributed by atoms with van der Waals surface area (Å²) < 4.78 is 33.4. The van der Waals surface area contributed by atoms with Gasteiger partial charge in [0.25, 0.3) is 5.91 Å². The molecule has 1 amide bonds.